The van der Waals surface area contributed by atoms with Crippen LogP contribution in [-0.2, 0) is 9.53 Å². The van der Waals surface area contributed by atoms with E-state index in [9.17, 15) is 4.79 Å². The lowest BCUT2D eigenvalue weighted by molar-refractivity contribution is -0.135. The molecule has 0 aliphatic carbocycles. The highest BCUT2D eigenvalue weighted by Crippen LogP contribution is 2.18. The van der Waals surface area contributed by atoms with Crippen LogP contribution in [0.15, 0.2) is 18.2 Å². The molecule has 2 aliphatic heterocycles. The van der Waals surface area contributed by atoms with Crippen molar-refractivity contribution in [2.45, 2.75) is 31.9 Å². The lowest BCUT2D eigenvalue weighted by Gasteiger charge is -2.34. The van der Waals surface area contributed by atoms with Crippen LogP contribution >= 0.6 is 0 Å². The van der Waals surface area contributed by atoms with E-state index in [2.05, 4.69) is 20.5 Å². The minimum Gasteiger partial charge on any atom is -0.366 e. The second-order valence-corrected chi connectivity index (χ2v) is 5.97. The summed E-state index contributed by atoms with van der Waals surface area (Å²) in [5.41, 5.74) is 1.04. The van der Waals surface area contributed by atoms with Crippen molar-refractivity contribution >= 4 is 11.7 Å². The van der Waals surface area contributed by atoms with E-state index in [0.717, 1.165) is 44.0 Å². The number of anilines is 1. The van der Waals surface area contributed by atoms with E-state index in [0.29, 0.717) is 13.2 Å². The smallest absolute Gasteiger partial charge is 0.250 e. The Balaban J connectivity index is 1.48. The number of rotatable bonds is 3. The van der Waals surface area contributed by atoms with Gasteiger partial charge in [-0.3, -0.25) is 4.79 Å². The van der Waals surface area contributed by atoms with Crippen molar-refractivity contribution in [2.24, 2.45) is 0 Å². The molecule has 6 heteroatoms. The maximum atomic E-state index is 12.2. The largest absolute Gasteiger partial charge is 0.366 e. The molecule has 0 spiro atoms. The van der Waals surface area contributed by atoms with Gasteiger partial charge in [0.2, 0.25) is 0 Å². The van der Waals surface area contributed by atoms with E-state index in [-0.39, 0.29) is 18.1 Å². The SMILES string of the molecule is Cc1cccc(N2CCC(NC(=O)[C@H]3CNCCO3)CC2)n1. The molecule has 0 saturated carbocycles. The van der Waals surface area contributed by atoms with E-state index in [1.54, 1.807) is 0 Å². The lowest BCUT2D eigenvalue weighted by Crippen LogP contribution is -2.52. The predicted octanol–water partition coefficient (Wildman–Crippen LogP) is 0.463. The summed E-state index contributed by atoms with van der Waals surface area (Å²) in [6, 6.07) is 6.33. The molecule has 0 unspecified atom stereocenters. The van der Waals surface area contributed by atoms with Crippen LogP contribution in [-0.4, -0.2) is 55.8 Å². The summed E-state index contributed by atoms with van der Waals surface area (Å²) in [4.78, 5) is 19.0. The number of piperidine rings is 1. The van der Waals surface area contributed by atoms with Crippen molar-refractivity contribution in [1.29, 1.82) is 0 Å². The van der Waals surface area contributed by atoms with Gasteiger partial charge in [-0.25, -0.2) is 4.98 Å². The first-order chi connectivity index (χ1) is 10.7. The number of carbonyl (C=O) groups excluding carboxylic acids is 1. The van der Waals surface area contributed by atoms with Crippen LogP contribution in [0.1, 0.15) is 18.5 Å². The maximum Gasteiger partial charge on any atom is 0.250 e. The number of pyridine rings is 1. The molecule has 3 heterocycles. The Hall–Kier alpha value is -1.66. The van der Waals surface area contributed by atoms with Gasteiger partial charge in [0.15, 0.2) is 0 Å². The standard InChI is InChI=1S/C16H24N4O2/c1-12-3-2-4-15(18-12)20-8-5-13(6-9-20)19-16(21)14-11-17-7-10-22-14/h2-4,13-14,17H,5-11H2,1H3,(H,19,21)/t14-/m1/s1. The summed E-state index contributed by atoms with van der Waals surface area (Å²) >= 11 is 0. The van der Waals surface area contributed by atoms with Crippen LogP contribution in [0.25, 0.3) is 0 Å². The fraction of sp³-hybridized carbons (Fsp3) is 0.625. The second kappa shape index (κ2) is 7.07. The van der Waals surface area contributed by atoms with Crippen molar-refractivity contribution < 1.29 is 9.53 Å². The second-order valence-electron chi connectivity index (χ2n) is 5.97. The van der Waals surface area contributed by atoms with Gasteiger partial charge in [-0.05, 0) is 31.9 Å². The molecule has 0 radical (unpaired) electrons. The van der Waals surface area contributed by atoms with Gasteiger partial charge in [0.1, 0.15) is 11.9 Å². The fourth-order valence-corrected chi connectivity index (χ4v) is 2.99. The normalized spacial score (nSPS) is 23.3. The maximum absolute atomic E-state index is 12.2. The third-order valence-corrected chi connectivity index (χ3v) is 4.26. The molecule has 3 rings (SSSR count). The van der Waals surface area contributed by atoms with E-state index in [1.807, 2.05) is 25.1 Å². The van der Waals surface area contributed by atoms with Gasteiger partial charge in [-0.1, -0.05) is 6.07 Å². The summed E-state index contributed by atoms with van der Waals surface area (Å²) in [6.45, 7) is 5.89. The molecular weight excluding hydrogens is 280 g/mol. The Morgan fingerprint density at radius 3 is 2.91 bits per heavy atom. The molecule has 1 aromatic rings. The molecule has 22 heavy (non-hydrogen) atoms. The van der Waals surface area contributed by atoms with Crippen LogP contribution in [0.2, 0.25) is 0 Å². The quantitative estimate of drug-likeness (QED) is 0.849. The average molecular weight is 304 g/mol. The number of aromatic nitrogens is 1. The van der Waals surface area contributed by atoms with Gasteiger partial charge in [0.05, 0.1) is 6.61 Å². The summed E-state index contributed by atoms with van der Waals surface area (Å²) in [5.74, 6) is 1.05. The van der Waals surface area contributed by atoms with Gasteiger partial charge < -0.3 is 20.3 Å². The molecule has 1 amide bonds. The summed E-state index contributed by atoms with van der Waals surface area (Å²) in [5, 5.41) is 6.31. The molecule has 0 aromatic carbocycles. The number of nitrogens with zero attached hydrogens (tertiary/aromatic N) is 2. The van der Waals surface area contributed by atoms with Crippen LogP contribution in [0.3, 0.4) is 0 Å². The fourth-order valence-electron chi connectivity index (χ4n) is 2.99. The zero-order chi connectivity index (χ0) is 15.4. The van der Waals surface area contributed by atoms with E-state index in [4.69, 9.17) is 4.74 Å². The summed E-state index contributed by atoms with van der Waals surface area (Å²) in [7, 11) is 0. The highest BCUT2D eigenvalue weighted by molar-refractivity contribution is 5.81. The molecular formula is C16H24N4O2. The van der Waals surface area contributed by atoms with Crippen molar-refractivity contribution in [1.82, 2.24) is 15.6 Å². The monoisotopic (exact) mass is 304 g/mol. The number of nitrogens with one attached hydrogen (secondary N) is 2. The first-order valence-corrected chi connectivity index (χ1v) is 8.03. The van der Waals surface area contributed by atoms with Crippen molar-refractivity contribution in [3.8, 4) is 0 Å². The zero-order valence-corrected chi connectivity index (χ0v) is 13.0. The number of aryl methyl sites for hydroxylation is 1. The van der Waals surface area contributed by atoms with Gasteiger partial charge in [0.25, 0.3) is 5.91 Å². The Labute approximate surface area is 131 Å². The molecule has 2 N–H and O–H groups in total. The van der Waals surface area contributed by atoms with E-state index < -0.39 is 0 Å². The number of morpholine rings is 1. The molecule has 1 atom stereocenters. The Morgan fingerprint density at radius 2 is 2.23 bits per heavy atom. The Bertz CT molecular complexity index is 509. The van der Waals surface area contributed by atoms with Gasteiger partial charge in [0, 0.05) is 37.9 Å². The van der Waals surface area contributed by atoms with Crippen molar-refractivity contribution in [3.05, 3.63) is 23.9 Å². The molecule has 120 valence electrons. The van der Waals surface area contributed by atoms with Crippen LogP contribution in [0, 0.1) is 6.92 Å². The number of hydrogen-bond acceptors (Lipinski definition) is 5. The first kappa shape index (κ1) is 15.2. The number of amides is 1. The third-order valence-electron chi connectivity index (χ3n) is 4.26. The van der Waals surface area contributed by atoms with Crippen LogP contribution < -0.4 is 15.5 Å². The number of ether oxygens (including phenoxy) is 1. The van der Waals surface area contributed by atoms with Crippen molar-refractivity contribution in [2.75, 3.05) is 37.7 Å². The minimum absolute atomic E-state index is 0.0133. The lowest BCUT2D eigenvalue weighted by atomic mass is 10.0. The van der Waals surface area contributed by atoms with Gasteiger partial charge in [-0.2, -0.15) is 0 Å². The predicted molar refractivity (Wildman–Crippen MR) is 85.0 cm³/mol. The van der Waals surface area contributed by atoms with Crippen molar-refractivity contribution in [3.63, 3.8) is 0 Å². The minimum atomic E-state index is -0.342. The molecule has 2 saturated heterocycles. The van der Waals surface area contributed by atoms with Gasteiger partial charge in [-0.15, -0.1) is 0 Å². The first-order valence-electron chi connectivity index (χ1n) is 8.03. The molecule has 2 aliphatic rings. The summed E-state index contributed by atoms with van der Waals surface area (Å²) < 4.78 is 5.49. The highest BCUT2D eigenvalue weighted by Gasteiger charge is 2.26. The number of hydrogen-bond donors (Lipinski definition) is 2. The van der Waals surface area contributed by atoms with E-state index >= 15 is 0 Å². The molecule has 1 aromatic heterocycles. The average Bonchev–Trinajstić information content (AvgIpc) is 2.56. The van der Waals surface area contributed by atoms with Gasteiger partial charge >= 0.3 is 0 Å². The number of carbonyl (C=O) groups is 1. The topological polar surface area (TPSA) is 66.5 Å². The Kier molecular flexibility index (Phi) is 4.90. The Morgan fingerprint density at radius 1 is 1.41 bits per heavy atom. The third kappa shape index (κ3) is 3.75. The highest BCUT2D eigenvalue weighted by atomic mass is 16.5. The van der Waals surface area contributed by atoms with Crippen LogP contribution in [0.5, 0.6) is 0 Å². The van der Waals surface area contributed by atoms with E-state index in [1.165, 1.54) is 0 Å². The molecule has 2 fully saturated rings. The van der Waals surface area contributed by atoms with Crippen LogP contribution in [0.4, 0.5) is 5.82 Å². The summed E-state index contributed by atoms with van der Waals surface area (Å²) in [6.07, 6.45) is 1.55. The zero-order valence-electron chi connectivity index (χ0n) is 13.0. The molecule has 6 nitrogen and oxygen atoms in total. The molecule has 0 bridgehead atoms.